The molecule has 6 nitrogen and oxygen atoms in total. The van der Waals surface area contributed by atoms with Crippen LogP contribution < -0.4 is 10.5 Å². The van der Waals surface area contributed by atoms with Crippen molar-refractivity contribution in [3.8, 4) is 5.75 Å². The Morgan fingerprint density at radius 2 is 2.10 bits per heavy atom. The third kappa shape index (κ3) is 4.19. The lowest BCUT2D eigenvalue weighted by molar-refractivity contribution is 0.0691. The Morgan fingerprint density at radius 3 is 2.60 bits per heavy atom. The molecule has 2 unspecified atom stereocenters. The van der Waals surface area contributed by atoms with Crippen molar-refractivity contribution in [1.29, 1.82) is 0 Å². The molecule has 2 N–H and O–H groups in total. The maximum Gasteiger partial charge on any atom is 0.161 e. The van der Waals surface area contributed by atoms with Crippen molar-refractivity contribution in [3.63, 3.8) is 0 Å². The van der Waals surface area contributed by atoms with E-state index in [9.17, 15) is 0 Å². The number of likely N-dealkylation sites (N-methyl/N-ethyl adjacent to an activating group) is 1. The number of ether oxygens (including phenoxy) is 2. The van der Waals surface area contributed by atoms with Crippen LogP contribution in [0.2, 0.25) is 0 Å². The minimum absolute atomic E-state index is 0.0243. The van der Waals surface area contributed by atoms with Crippen LogP contribution in [0.4, 0.5) is 0 Å². The Labute approximate surface area is 121 Å². The molecule has 0 amide bonds. The molecule has 2 atom stereocenters. The molecule has 1 heterocycles. The van der Waals surface area contributed by atoms with Crippen molar-refractivity contribution < 1.29 is 9.47 Å². The van der Waals surface area contributed by atoms with E-state index in [1.807, 2.05) is 18.8 Å². The summed E-state index contributed by atoms with van der Waals surface area (Å²) in [7, 11) is 7.42. The van der Waals surface area contributed by atoms with Gasteiger partial charge in [-0.05, 0) is 20.5 Å². The van der Waals surface area contributed by atoms with Gasteiger partial charge < -0.3 is 20.1 Å². The van der Waals surface area contributed by atoms with Crippen molar-refractivity contribution in [2.75, 3.05) is 34.9 Å². The van der Waals surface area contributed by atoms with Crippen LogP contribution in [-0.2, 0) is 11.3 Å². The SMILES string of the molecule is CCCC(OC)C(N)c1c(OC)cnn1CCN(C)C. The molecule has 0 radical (unpaired) electrons. The fourth-order valence-electron chi connectivity index (χ4n) is 2.25. The topological polar surface area (TPSA) is 65.5 Å². The summed E-state index contributed by atoms with van der Waals surface area (Å²) in [5, 5.41) is 4.39. The molecule has 116 valence electrons. The molecule has 0 aliphatic carbocycles. The number of methoxy groups -OCH3 is 2. The minimum Gasteiger partial charge on any atom is -0.493 e. The zero-order chi connectivity index (χ0) is 15.1. The second kappa shape index (κ2) is 8.24. The first-order valence-electron chi connectivity index (χ1n) is 7.07. The predicted molar refractivity (Wildman–Crippen MR) is 80.0 cm³/mol. The molecule has 20 heavy (non-hydrogen) atoms. The van der Waals surface area contributed by atoms with Gasteiger partial charge in [0.15, 0.2) is 5.75 Å². The van der Waals surface area contributed by atoms with Gasteiger partial charge in [0.2, 0.25) is 0 Å². The van der Waals surface area contributed by atoms with Gasteiger partial charge in [-0.2, -0.15) is 5.10 Å². The molecule has 1 aromatic rings. The highest BCUT2D eigenvalue weighted by Crippen LogP contribution is 2.28. The van der Waals surface area contributed by atoms with E-state index < -0.39 is 0 Å². The van der Waals surface area contributed by atoms with Crippen LogP contribution in [0.15, 0.2) is 6.20 Å². The number of rotatable bonds is 9. The number of hydrogen-bond donors (Lipinski definition) is 1. The first kappa shape index (κ1) is 16.9. The van der Waals surface area contributed by atoms with E-state index in [4.69, 9.17) is 15.2 Å². The molecule has 1 rings (SSSR count). The second-order valence-electron chi connectivity index (χ2n) is 5.21. The largest absolute Gasteiger partial charge is 0.493 e. The summed E-state index contributed by atoms with van der Waals surface area (Å²) in [6, 6.07) is -0.237. The summed E-state index contributed by atoms with van der Waals surface area (Å²) >= 11 is 0. The smallest absolute Gasteiger partial charge is 0.161 e. The van der Waals surface area contributed by atoms with Gasteiger partial charge in [-0.25, -0.2) is 0 Å². The van der Waals surface area contributed by atoms with Gasteiger partial charge in [-0.1, -0.05) is 13.3 Å². The lowest BCUT2D eigenvalue weighted by Crippen LogP contribution is -2.31. The summed E-state index contributed by atoms with van der Waals surface area (Å²) in [6.07, 6.45) is 3.65. The van der Waals surface area contributed by atoms with Crippen LogP contribution in [0.25, 0.3) is 0 Å². The molecular formula is C14H28N4O2. The Hall–Kier alpha value is -1.11. The molecular weight excluding hydrogens is 256 g/mol. The van der Waals surface area contributed by atoms with Crippen molar-refractivity contribution in [2.45, 2.75) is 38.5 Å². The van der Waals surface area contributed by atoms with Crippen molar-refractivity contribution in [2.24, 2.45) is 5.73 Å². The van der Waals surface area contributed by atoms with Crippen LogP contribution in [-0.4, -0.2) is 55.6 Å². The highest BCUT2D eigenvalue weighted by Gasteiger charge is 2.26. The predicted octanol–water partition coefficient (Wildman–Crippen LogP) is 1.27. The molecule has 0 spiro atoms. The van der Waals surface area contributed by atoms with Crippen LogP contribution in [0.5, 0.6) is 5.75 Å². The van der Waals surface area contributed by atoms with Gasteiger partial charge in [0.1, 0.15) is 0 Å². The Kier molecular flexibility index (Phi) is 6.98. The molecule has 1 aromatic heterocycles. The van der Waals surface area contributed by atoms with E-state index in [2.05, 4.69) is 16.9 Å². The van der Waals surface area contributed by atoms with Crippen LogP contribution in [0.3, 0.4) is 0 Å². The molecule has 0 aliphatic heterocycles. The minimum atomic E-state index is -0.237. The number of nitrogens with zero attached hydrogens (tertiary/aromatic N) is 3. The van der Waals surface area contributed by atoms with E-state index in [0.717, 1.165) is 37.4 Å². The van der Waals surface area contributed by atoms with Crippen molar-refractivity contribution >= 4 is 0 Å². The number of hydrogen-bond acceptors (Lipinski definition) is 5. The lowest BCUT2D eigenvalue weighted by Gasteiger charge is -2.24. The normalized spacial score (nSPS) is 14.6. The highest BCUT2D eigenvalue weighted by molar-refractivity contribution is 5.29. The third-order valence-corrected chi connectivity index (χ3v) is 3.42. The average molecular weight is 284 g/mol. The maximum absolute atomic E-state index is 6.38. The summed E-state index contributed by atoms with van der Waals surface area (Å²) in [5.74, 6) is 0.731. The van der Waals surface area contributed by atoms with Gasteiger partial charge in [0.25, 0.3) is 0 Å². The molecule has 0 aromatic carbocycles. The van der Waals surface area contributed by atoms with E-state index in [0.29, 0.717) is 0 Å². The highest BCUT2D eigenvalue weighted by atomic mass is 16.5. The van der Waals surface area contributed by atoms with Gasteiger partial charge in [0.05, 0.1) is 37.7 Å². The Bertz CT molecular complexity index is 393. The monoisotopic (exact) mass is 284 g/mol. The summed E-state index contributed by atoms with van der Waals surface area (Å²) in [5.41, 5.74) is 7.30. The number of nitrogens with two attached hydrogens (primary N) is 1. The van der Waals surface area contributed by atoms with Crippen molar-refractivity contribution in [3.05, 3.63) is 11.9 Å². The molecule has 0 aliphatic rings. The van der Waals surface area contributed by atoms with E-state index >= 15 is 0 Å². The van der Waals surface area contributed by atoms with Gasteiger partial charge in [-0.15, -0.1) is 0 Å². The zero-order valence-electron chi connectivity index (χ0n) is 13.3. The average Bonchev–Trinajstić information content (AvgIpc) is 2.84. The molecule has 0 bridgehead atoms. The summed E-state index contributed by atoms with van der Waals surface area (Å²) in [4.78, 5) is 2.11. The van der Waals surface area contributed by atoms with Crippen molar-refractivity contribution in [1.82, 2.24) is 14.7 Å². The van der Waals surface area contributed by atoms with Crippen LogP contribution in [0.1, 0.15) is 31.5 Å². The molecule has 6 heteroatoms. The molecule has 0 saturated heterocycles. The van der Waals surface area contributed by atoms with E-state index in [-0.39, 0.29) is 12.1 Å². The quantitative estimate of drug-likeness (QED) is 0.740. The number of aromatic nitrogens is 2. The fourth-order valence-corrected chi connectivity index (χ4v) is 2.25. The fraction of sp³-hybridized carbons (Fsp3) is 0.786. The van der Waals surface area contributed by atoms with Crippen LogP contribution >= 0.6 is 0 Å². The van der Waals surface area contributed by atoms with E-state index in [1.54, 1.807) is 20.4 Å². The van der Waals surface area contributed by atoms with Gasteiger partial charge in [0, 0.05) is 13.7 Å². The first-order chi connectivity index (χ1) is 9.54. The van der Waals surface area contributed by atoms with Crippen LogP contribution in [0, 0.1) is 0 Å². The summed E-state index contributed by atoms with van der Waals surface area (Å²) in [6.45, 7) is 3.80. The molecule has 0 fully saturated rings. The Morgan fingerprint density at radius 1 is 1.40 bits per heavy atom. The Balaban J connectivity index is 2.96. The standard InChI is InChI=1S/C14H28N4O2/c1-6-7-11(19-4)13(15)14-12(20-5)10-16-18(14)9-8-17(2)3/h10-11,13H,6-9,15H2,1-5H3. The summed E-state index contributed by atoms with van der Waals surface area (Å²) < 4.78 is 12.8. The third-order valence-electron chi connectivity index (χ3n) is 3.42. The zero-order valence-corrected chi connectivity index (χ0v) is 13.3. The lowest BCUT2D eigenvalue weighted by atomic mass is 10.0. The first-order valence-corrected chi connectivity index (χ1v) is 7.07. The van der Waals surface area contributed by atoms with Gasteiger partial charge in [-0.3, -0.25) is 4.68 Å². The van der Waals surface area contributed by atoms with E-state index in [1.165, 1.54) is 0 Å². The maximum atomic E-state index is 6.38. The van der Waals surface area contributed by atoms with Gasteiger partial charge >= 0.3 is 0 Å². The molecule has 0 saturated carbocycles. The second-order valence-corrected chi connectivity index (χ2v) is 5.21.